The quantitative estimate of drug-likeness (QED) is 0.640. The Morgan fingerprint density at radius 1 is 0.867 bits per heavy atom. The lowest BCUT2D eigenvalue weighted by atomic mass is 9.95. The summed E-state index contributed by atoms with van der Waals surface area (Å²) in [5.74, 6) is 2.42. The first-order chi connectivity index (χ1) is 6.95. The molecule has 0 radical (unpaired) electrons. The first kappa shape index (κ1) is 15.0. The molecule has 0 aromatic rings. The molecule has 1 atom stereocenters. The zero-order valence-electron chi connectivity index (χ0n) is 11.6. The first-order valence-corrected chi connectivity index (χ1v) is 6.69. The zero-order valence-corrected chi connectivity index (χ0v) is 11.6. The molecule has 0 fully saturated rings. The molecule has 1 unspecified atom stereocenters. The fourth-order valence-corrected chi connectivity index (χ4v) is 1.91. The van der Waals surface area contributed by atoms with Gasteiger partial charge in [-0.05, 0) is 37.1 Å². The maximum Gasteiger partial charge on any atom is 0.00720 e. The van der Waals surface area contributed by atoms with E-state index in [9.17, 15) is 0 Å². The number of rotatable bonds is 8. The van der Waals surface area contributed by atoms with Crippen molar-refractivity contribution < 1.29 is 0 Å². The summed E-state index contributed by atoms with van der Waals surface area (Å²) in [6.07, 6.45) is 3.91. The molecule has 0 aliphatic carbocycles. The Bertz CT molecular complexity index is 130. The van der Waals surface area contributed by atoms with Gasteiger partial charge in [0, 0.05) is 6.04 Å². The van der Waals surface area contributed by atoms with Crippen LogP contribution in [-0.4, -0.2) is 12.6 Å². The van der Waals surface area contributed by atoms with Crippen LogP contribution in [0.2, 0.25) is 0 Å². The average molecular weight is 213 g/mol. The molecule has 1 heteroatoms. The highest BCUT2D eigenvalue weighted by Gasteiger charge is 2.12. The fraction of sp³-hybridized carbons (Fsp3) is 1.00. The third-order valence-corrected chi connectivity index (χ3v) is 2.96. The zero-order chi connectivity index (χ0) is 11.8. The monoisotopic (exact) mass is 213 g/mol. The molecule has 1 nitrogen and oxygen atoms in total. The van der Waals surface area contributed by atoms with Crippen molar-refractivity contribution in [2.75, 3.05) is 6.54 Å². The lowest BCUT2D eigenvalue weighted by molar-refractivity contribution is 0.339. The van der Waals surface area contributed by atoms with E-state index in [1.165, 1.54) is 25.8 Å². The first-order valence-electron chi connectivity index (χ1n) is 6.69. The van der Waals surface area contributed by atoms with Gasteiger partial charge in [-0.1, -0.05) is 48.0 Å². The minimum Gasteiger partial charge on any atom is -0.314 e. The van der Waals surface area contributed by atoms with Crippen LogP contribution < -0.4 is 5.32 Å². The normalized spacial score (nSPS) is 14.2. The second-order valence-electron chi connectivity index (χ2n) is 5.88. The van der Waals surface area contributed by atoms with Crippen molar-refractivity contribution in [3.8, 4) is 0 Å². The Morgan fingerprint density at radius 2 is 1.33 bits per heavy atom. The highest BCUT2D eigenvalue weighted by molar-refractivity contribution is 4.71. The molecule has 0 aromatic heterocycles. The van der Waals surface area contributed by atoms with E-state index in [0.29, 0.717) is 0 Å². The smallest absolute Gasteiger partial charge is 0.00720 e. The van der Waals surface area contributed by atoms with Crippen LogP contribution in [0.5, 0.6) is 0 Å². The van der Waals surface area contributed by atoms with Crippen molar-refractivity contribution in [2.24, 2.45) is 17.8 Å². The van der Waals surface area contributed by atoms with Gasteiger partial charge >= 0.3 is 0 Å². The van der Waals surface area contributed by atoms with Crippen LogP contribution in [0.1, 0.15) is 60.8 Å². The standard InChI is InChI=1S/C14H31N/c1-7-13(6)10-15-14(8-11(2)3)9-12(4)5/h11-15H,7-10H2,1-6H3. The summed E-state index contributed by atoms with van der Waals surface area (Å²) < 4.78 is 0. The van der Waals surface area contributed by atoms with E-state index in [1.54, 1.807) is 0 Å². The van der Waals surface area contributed by atoms with Crippen LogP contribution in [-0.2, 0) is 0 Å². The Morgan fingerprint density at radius 3 is 1.67 bits per heavy atom. The molecule has 0 bridgehead atoms. The maximum absolute atomic E-state index is 3.73. The molecule has 0 rings (SSSR count). The highest BCUT2D eigenvalue weighted by atomic mass is 14.9. The molecule has 0 spiro atoms. The van der Waals surface area contributed by atoms with Crippen molar-refractivity contribution in [3.63, 3.8) is 0 Å². The molecule has 0 saturated heterocycles. The van der Waals surface area contributed by atoms with E-state index in [4.69, 9.17) is 0 Å². The third kappa shape index (κ3) is 8.92. The van der Waals surface area contributed by atoms with Crippen molar-refractivity contribution >= 4 is 0 Å². The molecule has 0 aliphatic heterocycles. The van der Waals surface area contributed by atoms with Gasteiger partial charge < -0.3 is 5.32 Å². The van der Waals surface area contributed by atoms with Gasteiger partial charge in [0.05, 0.1) is 0 Å². The van der Waals surface area contributed by atoms with Gasteiger partial charge in [-0.15, -0.1) is 0 Å². The van der Waals surface area contributed by atoms with E-state index in [-0.39, 0.29) is 0 Å². The van der Waals surface area contributed by atoms with E-state index in [1.807, 2.05) is 0 Å². The van der Waals surface area contributed by atoms with E-state index >= 15 is 0 Å². The molecular formula is C14H31N. The molecule has 0 heterocycles. The maximum atomic E-state index is 3.73. The van der Waals surface area contributed by atoms with Crippen LogP contribution in [0.4, 0.5) is 0 Å². The van der Waals surface area contributed by atoms with Crippen molar-refractivity contribution in [3.05, 3.63) is 0 Å². The van der Waals surface area contributed by atoms with Crippen molar-refractivity contribution in [2.45, 2.75) is 66.8 Å². The summed E-state index contributed by atoms with van der Waals surface area (Å²) in [4.78, 5) is 0. The summed E-state index contributed by atoms with van der Waals surface area (Å²) in [7, 11) is 0. The largest absolute Gasteiger partial charge is 0.314 e. The Hall–Kier alpha value is -0.0400. The third-order valence-electron chi connectivity index (χ3n) is 2.96. The van der Waals surface area contributed by atoms with Gasteiger partial charge in [-0.25, -0.2) is 0 Å². The topological polar surface area (TPSA) is 12.0 Å². The van der Waals surface area contributed by atoms with Gasteiger partial charge in [-0.3, -0.25) is 0 Å². The summed E-state index contributed by atoms with van der Waals surface area (Å²) in [6, 6.07) is 0.721. The van der Waals surface area contributed by atoms with Crippen molar-refractivity contribution in [1.82, 2.24) is 5.32 Å². The predicted molar refractivity (Wildman–Crippen MR) is 70.2 cm³/mol. The van der Waals surface area contributed by atoms with Crippen molar-refractivity contribution in [1.29, 1.82) is 0 Å². The molecule has 1 N–H and O–H groups in total. The summed E-state index contributed by atoms with van der Waals surface area (Å²) in [5.41, 5.74) is 0. The van der Waals surface area contributed by atoms with Crippen LogP contribution >= 0.6 is 0 Å². The minimum atomic E-state index is 0.721. The molecule has 92 valence electrons. The van der Waals surface area contributed by atoms with Crippen LogP contribution in [0.25, 0.3) is 0 Å². The molecule has 0 aromatic carbocycles. The Labute approximate surface area is 97.0 Å². The number of nitrogens with one attached hydrogen (secondary N) is 1. The number of hydrogen-bond donors (Lipinski definition) is 1. The van der Waals surface area contributed by atoms with E-state index in [2.05, 4.69) is 46.9 Å². The SMILES string of the molecule is CCC(C)CNC(CC(C)C)CC(C)C. The minimum absolute atomic E-state index is 0.721. The lowest BCUT2D eigenvalue weighted by Gasteiger charge is -2.24. The summed E-state index contributed by atoms with van der Waals surface area (Å²) >= 11 is 0. The molecule has 0 aliphatic rings. The van der Waals surface area contributed by atoms with Gasteiger partial charge in [0.25, 0.3) is 0 Å². The Balaban J connectivity index is 3.89. The van der Waals surface area contributed by atoms with Gasteiger partial charge in [0.15, 0.2) is 0 Å². The lowest BCUT2D eigenvalue weighted by Crippen LogP contribution is -2.34. The number of hydrogen-bond acceptors (Lipinski definition) is 1. The molecular weight excluding hydrogens is 182 g/mol. The fourth-order valence-electron chi connectivity index (χ4n) is 1.91. The van der Waals surface area contributed by atoms with Gasteiger partial charge in [-0.2, -0.15) is 0 Å². The second-order valence-corrected chi connectivity index (χ2v) is 5.88. The van der Waals surface area contributed by atoms with Crippen LogP contribution in [0.3, 0.4) is 0 Å². The second kappa shape index (κ2) is 8.15. The highest BCUT2D eigenvalue weighted by Crippen LogP contribution is 2.13. The van der Waals surface area contributed by atoms with Gasteiger partial charge in [0.1, 0.15) is 0 Å². The molecule has 0 amide bonds. The van der Waals surface area contributed by atoms with Gasteiger partial charge in [0.2, 0.25) is 0 Å². The molecule has 15 heavy (non-hydrogen) atoms. The predicted octanol–water partition coefficient (Wildman–Crippen LogP) is 4.08. The average Bonchev–Trinajstić information content (AvgIpc) is 2.11. The Kier molecular flexibility index (Phi) is 8.13. The molecule has 0 saturated carbocycles. The van der Waals surface area contributed by atoms with E-state index < -0.39 is 0 Å². The summed E-state index contributed by atoms with van der Waals surface area (Å²) in [6.45, 7) is 15.1. The van der Waals surface area contributed by atoms with E-state index in [0.717, 1.165) is 23.8 Å². The summed E-state index contributed by atoms with van der Waals surface area (Å²) in [5, 5.41) is 3.73. The van der Waals surface area contributed by atoms with Crippen LogP contribution in [0.15, 0.2) is 0 Å². The van der Waals surface area contributed by atoms with Crippen LogP contribution in [0, 0.1) is 17.8 Å².